The van der Waals surface area contributed by atoms with Gasteiger partial charge in [-0.25, -0.2) is 4.79 Å². The van der Waals surface area contributed by atoms with Gasteiger partial charge in [-0.2, -0.15) is 0 Å². The molecule has 0 spiro atoms. The zero-order valence-electron chi connectivity index (χ0n) is 14.3. The fraction of sp³-hybridized carbons (Fsp3) is 0.471. The highest BCUT2D eigenvalue weighted by atomic mass is 79.9. The van der Waals surface area contributed by atoms with Gasteiger partial charge in [0.1, 0.15) is 12.1 Å². The summed E-state index contributed by atoms with van der Waals surface area (Å²) in [6, 6.07) is 5.91. The van der Waals surface area contributed by atoms with E-state index >= 15 is 0 Å². The Morgan fingerprint density at radius 3 is 2.17 bits per heavy atom. The van der Waals surface area contributed by atoms with Crippen LogP contribution in [0.2, 0.25) is 0 Å². The second-order valence-corrected chi connectivity index (χ2v) is 6.75. The molecule has 6 nitrogen and oxygen atoms in total. The van der Waals surface area contributed by atoms with E-state index in [1.807, 2.05) is 38.1 Å². The Balaban J connectivity index is 2.88. The van der Waals surface area contributed by atoms with Crippen molar-refractivity contribution in [3.63, 3.8) is 0 Å². The number of hydrogen-bond donors (Lipinski definition) is 2. The van der Waals surface area contributed by atoms with E-state index < -0.39 is 24.0 Å². The van der Waals surface area contributed by atoms with E-state index in [-0.39, 0.29) is 11.8 Å². The number of amides is 2. The summed E-state index contributed by atoms with van der Waals surface area (Å²) >= 11 is 3.35. The van der Waals surface area contributed by atoms with E-state index in [1.165, 1.54) is 14.0 Å². The Kier molecular flexibility index (Phi) is 7.91. The van der Waals surface area contributed by atoms with E-state index in [2.05, 4.69) is 26.6 Å². The molecule has 0 saturated carbocycles. The first kappa shape index (κ1) is 20.2. The Labute approximate surface area is 150 Å². The maximum absolute atomic E-state index is 12.5. The monoisotopic (exact) mass is 398 g/mol. The fourth-order valence-electron chi connectivity index (χ4n) is 2.21. The number of rotatable bonds is 7. The van der Waals surface area contributed by atoms with Gasteiger partial charge in [-0.05, 0) is 23.6 Å². The lowest BCUT2D eigenvalue weighted by Gasteiger charge is -2.24. The average Bonchev–Trinajstić information content (AvgIpc) is 2.52. The van der Waals surface area contributed by atoms with Crippen molar-refractivity contribution < 1.29 is 19.1 Å². The number of hydrogen-bond acceptors (Lipinski definition) is 4. The van der Waals surface area contributed by atoms with Gasteiger partial charge in [0.15, 0.2) is 0 Å². The van der Waals surface area contributed by atoms with Gasteiger partial charge in [0.05, 0.1) is 7.11 Å². The van der Waals surface area contributed by atoms with Gasteiger partial charge in [-0.1, -0.05) is 41.9 Å². The summed E-state index contributed by atoms with van der Waals surface area (Å²) in [5.74, 6) is -1.35. The smallest absolute Gasteiger partial charge is 0.328 e. The highest BCUT2D eigenvalue weighted by Gasteiger charge is 2.28. The van der Waals surface area contributed by atoms with Crippen molar-refractivity contribution in [3.05, 3.63) is 34.3 Å². The van der Waals surface area contributed by atoms with Gasteiger partial charge in [0.25, 0.3) is 0 Å². The van der Waals surface area contributed by atoms with Crippen molar-refractivity contribution in [2.75, 3.05) is 7.11 Å². The van der Waals surface area contributed by atoms with Crippen LogP contribution in [0.1, 0.15) is 26.3 Å². The molecule has 0 bridgehead atoms. The summed E-state index contributed by atoms with van der Waals surface area (Å²) in [5.41, 5.74) is 0.884. The zero-order chi connectivity index (χ0) is 18.3. The number of nitrogens with one attached hydrogen (secondary N) is 2. The standard InChI is InChI=1S/C17H23BrN2O4/c1-10(2)15(19-11(3)21)16(22)20-14(17(23)24-4)9-12-5-7-13(18)8-6-12/h5-8,10,14-15H,9H2,1-4H3,(H,19,21)(H,20,22)/t14-,15-/m1/s1. The molecule has 7 heteroatoms. The van der Waals surface area contributed by atoms with Gasteiger partial charge < -0.3 is 15.4 Å². The van der Waals surface area contributed by atoms with Crippen LogP contribution in [0.25, 0.3) is 0 Å². The van der Waals surface area contributed by atoms with Crippen LogP contribution >= 0.6 is 15.9 Å². The zero-order valence-corrected chi connectivity index (χ0v) is 15.8. The summed E-state index contributed by atoms with van der Waals surface area (Å²) in [6.45, 7) is 4.99. The van der Waals surface area contributed by atoms with Crippen molar-refractivity contribution in [3.8, 4) is 0 Å². The first-order valence-electron chi connectivity index (χ1n) is 7.64. The third-order valence-corrected chi connectivity index (χ3v) is 3.99. The van der Waals surface area contributed by atoms with E-state index in [9.17, 15) is 14.4 Å². The normalized spacial score (nSPS) is 13.1. The van der Waals surface area contributed by atoms with Crippen LogP contribution in [-0.2, 0) is 25.5 Å². The number of carbonyl (C=O) groups excluding carboxylic acids is 3. The predicted molar refractivity (Wildman–Crippen MR) is 94.2 cm³/mol. The van der Waals surface area contributed by atoms with Crippen LogP contribution in [0.4, 0.5) is 0 Å². The lowest BCUT2D eigenvalue weighted by molar-refractivity contribution is -0.145. The maximum Gasteiger partial charge on any atom is 0.328 e. The summed E-state index contributed by atoms with van der Waals surface area (Å²) < 4.78 is 5.71. The number of methoxy groups -OCH3 is 1. The second kappa shape index (κ2) is 9.42. The van der Waals surface area contributed by atoms with E-state index in [0.29, 0.717) is 6.42 Å². The van der Waals surface area contributed by atoms with Crippen LogP contribution in [0.15, 0.2) is 28.7 Å². The molecular formula is C17H23BrN2O4. The lowest BCUT2D eigenvalue weighted by atomic mass is 10.0. The van der Waals surface area contributed by atoms with Crippen LogP contribution in [-0.4, -0.2) is 37.0 Å². The molecule has 0 aromatic heterocycles. The number of ether oxygens (including phenoxy) is 1. The highest BCUT2D eigenvalue weighted by molar-refractivity contribution is 9.10. The largest absolute Gasteiger partial charge is 0.467 e. The second-order valence-electron chi connectivity index (χ2n) is 5.84. The summed E-state index contributed by atoms with van der Waals surface area (Å²) in [7, 11) is 1.27. The minimum Gasteiger partial charge on any atom is -0.467 e. The van der Waals surface area contributed by atoms with Crippen molar-refractivity contribution in [2.24, 2.45) is 5.92 Å². The molecule has 2 N–H and O–H groups in total. The molecule has 1 aromatic carbocycles. The van der Waals surface area contributed by atoms with E-state index in [4.69, 9.17) is 4.74 Å². The molecule has 1 rings (SSSR count). The third kappa shape index (κ3) is 6.31. The molecule has 0 heterocycles. The van der Waals surface area contributed by atoms with Gasteiger partial charge in [0.2, 0.25) is 11.8 Å². The van der Waals surface area contributed by atoms with Crippen molar-refractivity contribution in [1.82, 2.24) is 10.6 Å². The highest BCUT2D eigenvalue weighted by Crippen LogP contribution is 2.13. The molecule has 2 atom stereocenters. The fourth-order valence-corrected chi connectivity index (χ4v) is 2.47. The minimum atomic E-state index is -0.821. The molecule has 0 saturated heterocycles. The molecule has 1 aromatic rings. The average molecular weight is 399 g/mol. The Morgan fingerprint density at radius 2 is 1.71 bits per heavy atom. The molecule has 0 fully saturated rings. The molecule has 24 heavy (non-hydrogen) atoms. The van der Waals surface area contributed by atoms with Crippen molar-refractivity contribution in [1.29, 1.82) is 0 Å². The van der Waals surface area contributed by atoms with Crippen LogP contribution in [0.5, 0.6) is 0 Å². The molecule has 0 aliphatic heterocycles. The van der Waals surface area contributed by atoms with Gasteiger partial charge in [0, 0.05) is 17.8 Å². The lowest BCUT2D eigenvalue weighted by Crippen LogP contribution is -2.54. The Bertz CT molecular complexity index is 587. The quantitative estimate of drug-likeness (QED) is 0.685. The molecule has 0 radical (unpaired) electrons. The molecular weight excluding hydrogens is 376 g/mol. The van der Waals surface area contributed by atoms with Crippen LogP contribution < -0.4 is 10.6 Å². The third-order valence-electron chi connectivity index (χ3n) is 3.46. The molecule has 2 amide bonds. The molecule has 132 valence electrons. The van der Waals surface area contributed by atoms with Gasteiger partial charge >= 0.3 is 5.97 Å². The minimum absolute atomic E-state index is 0.111. The number of halogens is 1. The SMILES string of the molecule is COC(=O)[C@@H](Cc1ccc(Br)cc1)NC(=O)[C@H](NC(C)=O)C(C)C. The van der Waals surface area contributed by atoms with Gasteiger partial charge in [-0.3, -0.25) is 9.59 Å². The van der Waals surface area contributed by atoms with Crippen molar-refractivity contribution in [2.45, 2.75) is 39.3 Å². The summed E-state index contributed by atoms with van der Waals surface area (Å²) in [4.78, 5) is 35.7. The van der Waals surface area contributed by atoms with Crippen molar-refractivity contribution >= 4 is 33.7 Å². The number of benzene rings is 1. The first-order chi connectivity index (χ1) is 11.2. The molecule has 0 aliphatic rings. The molecule has 0 aliphatic carbocycles. The van der Waals surface area contributed by atoms with Gasteiger partial charge in [-0.15, -0.1) is 0 Å². The van der Waals surface area contributed by atoms with E-state index in [0.717, 1.165) is 10.0 Å². The summed E-state index contributed by atoms with van der Waals surface area (Å²) in [5, 5.41) is 5.28. The Hall–Kier alpha value is -1.89. The topological polar surface area (TPSA) is 84.5 Å². The molecule has 0 unspecified atom stereocenters. The number of carbonyl (C=O) groups is 3. The van der Waals surface area contributed by atoms with Crippen LogP contribution in [0, 0.1) is 5.92 Å². The number of esters is 1. The Morgan fingerprint density at radius 1 is 1.12 bits per heavy atom. The van der Waals surface area contributed by atoms with E-state index in [1.54, 1.807) is 0 Å². The van der Waals surface area contributed by atoms with Crippen LogP contribution in [0.3, 0.4) is 0 Å². The first-order valence-corrected chi connectivity index (χ1v) is 8.43. The maximum atomic E-state index is 12.5. The predicted octanol–water partition coefficient (Wildman–Crippen LogP) is 1.81. The summed E-state index contributed by atoms with van der Waals surface area (Å²) in [6.07, 6.45) is 0.302.